The minimum Gasteiger partial charge on any atom is -0.276 e. The number of nitrogens with zero attached hydrogens (tertiary/aromatic N) is 4. The second-order valence-corrected chi connectivity index (χ2v) is 9.08. The van der Waals surface area contributed by atoms with E-state index >= 15 is 0 Å². The van der Waals surface area contributed by atoms with Crippen LogP contribution >= 0.6 is 11.8 Å². The fourth-order valence-corrected chi connectivity index (χ4v) is 5.56. The molecule has 27 heavy (non-hydrogen) atoms. The van der Waals surface area contributed by atoms with Crippen molar-refractivity contribution in [1.82, 2.24) is 18.9 Å². The summed E-state index contributed by atoms with van der Waals surface area (Å²) in [5, 5.41) is 8.56. The highest BCUT2D eigenvalue weighted by Crippen LogP contribution is 2.27. The van der Waals surface area contributed by atoms with Gasteiger partial charge in [-0.05, 0) is 42.7 Å². The van der Waals surface area contributed by atoms with Crippen molar-refractivity contribution >= 4 is 27.4 Å². The summed E-state index contributed by atoms with van der Waals surface area (Å²) in [6.07, 6.45) is 3.37. The fraction of sp³-hybridized carbons (Fsp3) is 0.294. The first-order valence-corrected chi connectivity index (χ1v) is 10.8. The molecule has 0 unspecified atom stereocenters. The SMILES string of the molecule is O=S(=O)(c1cccn2c(SCc3cc(F)cc(F)c3)nnc12)N1CCCC1. The quantitative estimate of drug-likeness (QED) is 0.605. The molecule has 2 aromatic heterocycles. The molecule has 0 radical (unpaired) electrons. The summed E-state index contributed by atoms with van der Waals surface area (Å²) in [6.45, 7) is 1.01. The first-order valence-electron chi connectivity index (χ1n) is 8.37. The lowest BCUT2D eigenvalue weighted by Gasteiger charge is -2.15. The van der Waals surface area contributed by atoms with Crippen LogP contribution in [0.15, 0.2) is 46.6 Å². The molecule has 0 aliphatic carbocycles. The molecule has 0 saturated carbocycles. The van der Waals surface area contributed by atoms with Crippen molar-refractivity contribution in [2.24, 2.45) is 0 Å². The van der Waals surface area contributed by atoms with E-state index in [1.807, 2.05) is 0 Å². The Morgan fingerprint density at radius 1 is 1.07 bits per heavy atom. The maximum atomic E-state index is 13.3. The Balaban J connectivity index is 1.64. The Morgan fingerprint density at radius 2 is 1.78 bits per heavy atom. The molecular formula is C17H16F2N4O2S2. The number of benzene rings is 1. The summed E-state index contributed by atoms with van der Waals surface area (Å²) in [6, 6.07) is 6.47. The summed E-state index contributed by atoms with van der Waals surface area (Å²) in [5.41, 5.74) is 0.715. The number of halogens is 2. The number of hydrogen-bond acceptors (Lipinski definition) is 5. The molecule has 0 amide bonds. The van der Waals surface area contributed by atoms with Crippen molar-refractivity contribution in [2.45, 2.75) is 28.6 Å². The van der Waals surface area contributed by atoms with Crippen molar-refractivity contribution in [1.29, 1.82) is 0 Å². The molecule has 6 nitrogen and oxygen atoms in total. The summed E-state index contributed by atoms with van der Waals surface area (Å²) >= 11 is 1.23. The van der Waals surface area contributed by atoms with Crippen molar-refractivity contribution in [2.75, 3.05) is 13.1 Å². The van der Waals surface area contributed by atoms with Gasteiger partial charge in [0.15, 0.2) is 10.8 Å². The van der Waals surface area contributed by atoms with Crippen LogP contribution in [-0.4, -0.2) is 40.4 Å². The summed E-state index contributed by atoms with van der Waals surface area (Å²) in [7, 11) is -3.63. The van der Waals surface area contributed by atoms with Crippen LogP contribution < -0.4 is 0 Å². The molecule has 142 valence electrons. The number of sulfonamides is 1. The second-order valence-electron chi connectivity index (χ2n) is 6.23. The number of fused-ring (bicyclic) bond motifs is 1. The molecular weight excluding hydrogens is 394 g/mol. The molecule has 0 spiro atoms. The first kappa shape index (κ1) is 18.3. The van der Waals surface area contributed by atoms with E-state index in [0.29, 0.717) is 23.8 Å². The summed E-state index contributed by atoms with van der Waals surface area (Å²) in [4.78, 5) is 0.114. The van der Waals surface area contributed by atoms with Crippen LogP contribution in [0.25, 0.3) is 5.65 Å². The van der Waals surface area contributed by atoms with Gasteiger partial charge in [-0.2, -0.15) is 4.31 Å². The fourth-order valence-electron chi connectivity index (χ4n) is 3.08. The van der Waals surface area contributed by atoms with Gasteiger partial charge in [-0.3, -0.25) is 4.40 Å². The van der Waals surface area contributed by atoms with Gasteiger partial charge in [0.2, 0.25) is 10.0 Å². The van der Waals surface area contributed by atoms with Gasteiger partial charge in [0, 0.05) is 31.1 Å². The average molecular weight is 410 g/mol. The first-order chi connectivity index (χ1) is 12.9. The largest absolute Gasteiger partial charge is 0.276 e. The topological polar surface area (TPSA) is 67.6 Å². The number of pyridine rings is 1. The zero-order chi connectivity index (χ0) is 19.0. The van der Waals surface area contributed by atoms with E-state index in [9.17, 15) is 17.2 Å². The van der Waals surface area contributed by atoms with Gasteiger partial charge >= 0.3 is 0 Å². The van der Waals surface area contributed by atoms with E-state index in [1.54, 1.807) is 16.7 Å². The smallest absolute Gasteiger partial charge is 0.246 e. The van der Waals surface area contributed by atoms with Gasteiger partial charge in [-0.1, -0.05) is 11.8 Å². The van der Waals surface area contributed by atoms with E-state index < -0.39 is 21.7 Å². The monoisotopic (exact) mass is 410 g/mol. The Kier molecular flexibility index (Phi) is 4.87. The minimum absolute atomic E-state index is 0.114. The predicted molar refractivity (Wildman–Crippen MR) is 96.9 cm³/mol. The lowest BCUT2D eigenvalue weighted by atomic mass is 10.2. The average Bonchev–Trinajstić information content (AvgIpc) is 3.29. The molecule has 1 aromatic carbocycles. The standard InChI is InChI=1S/C17H16F2N4O2S2/c18-13-8-12(9-14(19)10-13)11-26-17-21-20-16-15(4-3-7-23(16)17)27(24,25)22-5-1-2-6-22/h3-4,7-10H,1-2,5-6,11H2. The van der Waals surface area contributed by atoms with E-state index in [4.69, 9.17) is 0 Å². The molecule has 4 rings (SSSR count). The highest BCUT2D eigenvalue weighted by molar-refractivity contribution is 7.98. The molecule has 0 bridgehead atoms. The van der Waals surface area contributed by atoms with Gasteiger partial charge in [0.25, 0.3) is 0 Å². The lowest BCUT2D eigenvalue weighted by molar-refractivity contribution is 0.478. The Bertz CT molecular complexity index is 1080. The normalized spacial score (nSPS) is 15.6. The third-order valence-electron chi connectivity index (χ3n) is 4.34. The number of rotatable bonds is 5. The molecule has 10 heteroatoms. The van der Waals surface area contributed by atoms with Gasteiger partial charge < -0.3 is 0 Å². The highest BCUT2D eigenvalue weighted by atomic mass is 32.2. The molecule has 3 aromatic rings. The third-order valence-corrected chi connectivity index (χ3v) is 7.27. The molecule has 0 N–H and O–H groups in total. The van der Waals surface area contributed by atoms with Gasteiger partial charge in [0.1, 0.15) is 16.5 Å². The van der Waals surface area contributed by atoms with E-state index in [0.717, 1.165) is 18.9 Å². The molecule has 1 aliphatic rings. The van der Waals surface area contributed by atoms with Gasteiger partial charge in [-0.15, -0.1) is 10.2 Å². The number of aromatic nitrogens is 3. The molecule has 1 aliphatic heterocycles. The third kappa shape index (κ3) is 3.56. The highest BCUT2D eigenvalue weighted by Gasteiger charge is 2.30. The summed E-state index contributed by atoms with van der Waals surface area (Å²) < 4.78 is 55.4. The summed E-state index contributed by atoms with van der Waals surface area (Å²) in [5.74, 6) is -1.01. The van der Waals surface area contributed by atoms with Crippen molar-refractivity contribution in [3.8, 4) is 0 Å². The Morgan fingerprint density at radius 3 is 2.48 bits per heavy atom. The van der Waals surface area contributed by atoms with Crippen LogP contribution in [0.2, 0.25) is 0 Å². The minimum atomic E-state index is -3.63. The zero-order valence-electron chi connectivity index (χ0n) is 14.2. The second kappa shape index (κ2) is 7.17. The van der Waals surface area contributed by atoms with Crippen LogP contribution in [0.4, 0.5) is 8.78 Å². The lowest BCUT2D eigenvalue weighted by Crippen LogP contribution is -2.28. The molecule has 3 heterocycles. The van der Waals surface area contributed by atoms with Crippen LogP contribution in [0.5, 0.6) is 0 Å². The van der Waals surface area contributed by atoms with E-state index in [2.05, 4.69) is 10.2 Å². The number of hydrogen-bond donors (Lipinski definition) is 0. The maximum Gasteiger partial charge on any atom is 0.246 e. The van der Waals surface area contributed by atoms with Crippen LogP contribution in [0, 0.1) is 11.6 Å². The predicted octanol–water partition coefficient (Wildman–Crippen LogP) is 3.08. The van der Waals surface area contributed by atoms with Crippen LogP contribution in [-0.2, 0) is 15.8 Å². The van der Waals surface area contributed by atoms with E-state index in [-0.39, 0.29) is 16.3 Å². The van der Waals surface area contributed by atoms with Crippen LogP contribution in [0.3, 0.4) is 0 Å². The maximum absolute atomic E-state index is 13.3. The van der Waals surface area contributed by atoms with Gasteiger partial charge in [0.05, 0.1) is 0 Å². The number of thioether (sulfide) groups is 1. The zero-order valence-corrected chi connectivity index (χ0v) is 15.8. The molecule has 1 saturated heterocycles. The molecule has 1 fully saturated rings. The van der Waals surface area contributed by atoms with E-state index in [1.165, 1.54) is 34.3 Å². The Hall–Kier alpha value is -2.04. The molecule has 0 atom stereocenters. The Labute approximate surface area is 159 Å². The van der Waals surface area contributed by atoms with Crippen LogP contribution in [0.1, 0.15) is 18.4 Å². The van der Waals surface area contributed by atoms with Gasteiger partial charge in [-0.25, -0.2) is 17.2 Å². The van der Waals surface area contributed by atoms with Crippen molar-refractivity contribution in [3.05, 3.63) is 53.7 Å². The van der Waals surface area contributed by atoms with Crippen molar-refractivity contribution < 1.29 is 17.2 Å². The van der Waals surface area contributed by atoms with Crippen molar-refractivity contribution in [3.63, 3.8) is 0 Å².